The van der Waals surface area contributed by atoms with Gasteiger partial charge in [0.1, 0.15) is 23.2 Å². The van der Waals surface area contributed by atoms with Crippen LogP contribution in [-0.4, -0.2) is 54.4 Å². The van der Waals surface area contributed by atoms with Gasteiger partial charge in [-0.3, -0.25) is 4.79 Å². The van der Waals surface area contributed by atoms with E-state index in [1.807, 2.05) is 6.92 Å². The van der Waals surface area contributed by atoms with E-state index < -0.39 is 23.4 Å². The first kappa shape index (κ1) is 23.5. The van der Waals surface area contributed by atoms with E-state index in [0.29, 0.717) is 31.7 Å². The molecular weight excluding hydrogens is 445 g/mol. The third kappa shape index (κ3) is 5.12. The van der Waals surface area contributed by atoms with Crippen molar-refractivity contribution in [1.82, 2.24) is 9.80 Å². The molecule has 1 fully saturated rings. The molecule has 176 valence electrons. The van der Waals surface area contributed by atoms with Gasteiger partial charge in [0.25, 0.3) is 5.91 Å². The van der Waals surface area contributed by atoms with E-state index >= 15 is 0 Å². The molecule has 0 unspecified atom stereocenters. The molecule has 0 saturated carbocycles. The molecule has 5 nitrogen and oxygen atoms in total. The van der Waals surface area contributed by atoms with E-state index in [9.17, 15) is 22.8 Å². The van der Waals surface area contributed by atoms with Crippen LogP contribution in [0.2, 0.25) is 0 Å². The number of hydrogen-bond donors (Lipinski definition) is 0. The number of nitrogens with zero attached hydrogens (tertiary/aromatic N) is 2. The van der Waals surface area contributed by atoms with Crippen molar-refractivity contribution in [2.24, 2.45) is 0 Å². The zero-order valence-electron chi connectivity index (χ0n) is 18.6. The molecule has 0 spiro atoms. The first-order valence-electron chi connectivity index (χ1n) is 10.9. The number of halogens is 3. The van der Waals surface area contributed by atoms with Crippen LogP contribution in [0.25, 0.3) is 11.1 Å². The number of ether oxygens (including phenoxy) is 1. The maximum atomic E-state index is 14.4. The Morgan fingerprint density at radius 1 is 0.853 bits per heavy atom. The van der Waals surface area contributed by atoms with E-state index in [-0.39, 0.29) is 28.3 Å². The highest BCUT2D eigenvalue weighted by Crippen LogP contribution is 2.30. The summed E-state index contributed by atoms with van der Waals surface area (Å²) in [6.45, 7) is 5.33. The fourth-order valence-corrected chi connectivity index (χ4v) is 3.86. The average Bonchev–Trinajstić information content (AvgIpc) is 2.84. The quantitative estimate of drug-likeness (QED) is 0.400. The van der Waals surface area contributed by atoms with Crippen molar-refractivity contribution in [1.29, 1.82) is 0 Å². The van der Waals surface area contributed by atoms with Crippen molar-refractivity contribution in [2.45, 2.75) is 6.92 Å². The van der Waals surface area contributed by atoms with E-state index in [1.54, 1.807) is 4.90 Å². The third-order valence-electron chi connectivity index (χ3n) is 5.84. The van der Waals surface area contributed by atoms with Gasteiger partial charge in [-0.05, 0) is 60.6 Å². The lowest BCUT2D eigenvalue weighted by molar-refractivity contribution is 0.0634. The molecule has 3 aromatic carbocycles. The third-order valence-corrected chi connectivity index (χ3v) is 5.84. The molecule has 34 heavy (non-hydrogen) atoms. The number of likely N-dealkylation sites (N-methyl/N-ethyl adjacent to an activating group) is 1. The Hall–Kier alpha value is -3.65. The van der Waals surface area contributed by atoms with Gasteiger partial charge < -0.3 is 14.5 Å². The molecule has 3 aromatic rings. The highest BCUT2D eigenvalue weighted by Gasteiger charge is 2.26. The van der Waals surface area contributed by atoms with Crippen molar-refractivity contribution < 1.29 is 27.5 Å². The molecule has 1 amide bonds. The van der Waals surface area contributed by atoms with Gasteiger partial charge in [-0.15, -0.1) is 0 Å². The number of hydrogen-bond acceptors (Lipinski definition) is 4. The van der Waals surface area contributed by atoms with Crippen LogP contribution in [0, 0.1) is 17.5 Å². The van der Waals surface area contributed by atoms with Gasteiger partial charge in [-0.25, -0.2) is 18.0 Å². The van der Waals surface area contributed by atoms with E-state index in [0.717, 1.165) is 30.8 Å². The maximum Gasteiger partial charge on any atom is 0.343 e. The van der Waals surface area contributed by atoms with Crippen LogP contribution in [0.4, 0.5) is 13.2 Å². The highest BCUT2D eigenvalue weighted by molar-refractivity contribution is 6.00. The summed E-state index contributed by atoms with van der Waals surface area (Å²) in [5.41, 5.74) is 0.656. The van der Waals surface area contributed by atoms with Gasteiger partial charge in [-0.1, -0.05) is 13.0 Å². The first-order valence-corrected chi connectivity index (χ1v) is 10.9. The summed E-state index contributed by atoms with van der Waals surface area (Å²) in [6.07, 6.45) is 0. The van der Waals surface area contributed by atoms with Crippen molar-refractivity contribution in [3.63, 3.8) is 0 Å². The monoisotopic (exact) mass is 468 g/mol. The molecule has 0 radical (unpaired) electrons. The molecule has 4 rings (SSSR count). The number of esters is 1. The lowest BCUT2D eigenvalue weighted by Crippen LogP contribution is -2.48. The van der Waals surface area contributed by atoms with Gasteiger partial charge in [-0.2, -0.15) is 0 Å². The molecule has 0 N–H and O–H groups in total. The molecule has 1 heterocycles. The maximum absolute atomic E-state index is 14.4. The molecule has 8 heteroatoms. The number of benzene rings is 3. The summed E-state index contributed by atoms with van der Waals surface area (Å²) in [5.74, 6) is -3.09. The largest absolute Gasteiger partial charge is 0.422 e. The number of carbonyl (C=O) groups is 2. The molecular formula is C26H23F3N2O3. The lowest BCUT2D eigenvalue weighted by atomic mass is 10.0. The first-order chi connectivity index (χ1) is 16.4. The molecule has 1 aliphatic rings. The minimum absolute atomic E-state index is 0.00326. The van der Waals surface area contributed by atoms with E-state index in [1.165, 1.54) is 36.4 Å². The predicted octanol–water partition coefficient (Wildman–Crippen LogP) is 4.77. The summed E-state index contributed by atoms with van der Waals surface area (Å²) < 4.78 is 46.5. The van der Waals surface area contributed by atoms with E-state index in [2.05, 4.69) is 4.90 Å². The fourth-order valence-electron chi connectivity index (χ4n) is 3.86. The average molecular weight is 468 g/mol. The molecule has 0 aliphatic carbocycles. The summed E-state index contributed by atoms with van der Waals surface area (Å²) in [7, 11) is 0. The Bertz CT molecular complexity index is 1210. The smallest absolute Gasteiger partial charge is 0.343 e. The van der Waals surface area contributed by atoms with Crippen LogP contribution in [0.15, 0.2) is 60.7 Å². The predicted molar refractivity (Wildman–Crippen MR) is 121 cm³/mol. The van der Waals surface area contributed by atoms with Crippen molar-refractivity contribution in [3.05, 3.63) is 89.2 Å². The Balaban J connectivity index is 1.69. The van der Waals surface area contributed by atoms with Crippen LogP contribution in [0.1, 0.15) is 27.6 Å². The Morgan fingerprint density at radius 3 is 2.18 bits per heavy atom. The van der Waals surface area contributed by atoms with Gasteiger partial charge in [0.2, 0.25) is 0 Å². The Kier molecular flexibility index (Phi) is 6.98. The summed E-state index contributed by atoms with van der Waals surface area (Å²) in [5, 5.41) is 0. The molecule has 1 aliphatic heterocycles. The van der Waals surface area contributed by atoms with Crippen LogP contribution in [0.3, 0.4) is 0 Å². The topological polar surface area (TPSA) is 49.9 Å². The highest BCUT2D eigenvalue weighted by atomic mass is 19.1. The minimum Gasteiger partial charge on any atom is -0.422 e. The van der Waals surface area contributed by atoms with Crippen LogP contribution in [-0.2, 0) is 0 Å². The molecule has 1 saturated heterocycles. The second-order valence-electron chi connectivity index (χ2n) is 7.96. The zero-order chi connectivity index (χ0) is 24.2. The summed E-state index contributed by atoms with van der Waals surface area (Å²) in [6, 6.07) is 12.4. The molecule has 0 atom stereocenters. The van der Waals surface area contributed by atoms with Gasteiger partial charge in [0, 0.05) is 37.8 Å². The van der Waals surface area contributed by atoms with Crippen LogP contribution in [0.5, 0.6) is 5.75 Å². The molecule has 0 bridgehead atoms. The zero-order valence-corrected chi connectivity index (χ0v) is 18.6. The number of carbonyl (C=O) groups excluding carboxylic acids is 2. The minimum atomic E-state index is -0.772. The van der Waals surface area contributed by atoms with Crippen LogP contribution < -0.4 is 4.74 Å². The Morgan fingerprint density at radius 2 is 1.53 bits per heavy atom. The van der Waals surface area contributed by atoms with Crippen molar-refractivity contribution in [2.75, 3.05) is 32.7 Å². The molecule has 0 aromatic heterocycles. The summed E-state index contributed by atoms with van der Waals surface area (Å²) in [4.78, 5) is 29.9. The Labute approximate surface area is 195 Å². The van der Waals surface area contributed by atoms with Crippen molar-refractivity contribution in [3.8, 4) is 16.9 Å². The van der Waals surface area contributed by atoms with Gasteiger partial charge in [0.05, 0.1) is 11.1 Å². The normalized spacial score (nSPS) is 14.2. The standard InChI is InChI=1S/C26H23F3N2O3/c1-2-30-11-13-31(14-12-30)25(32)22-15-18(21-9-8-20(28)16-23(21)29)5-10-24(22)34-26(33)17-3-6-19(27)7-4-17/h3-10,15-16H,2,11-14H2,1H3. The lowest BCUT2D eigenvalue weighted by Gasteiger charge is -2.34. The van der Waals surface area contributed by atoms with E-state index in [4.69, 9.17) is 4.74 Å². The SMILES string of the molecule is CCN1CCN(C(=O)c2cc(-c3ccc(F)cc3F)ccc2OC(=O)c2ccc(F)cc2)CC1. The number of piperazine rings is 1. The van der Waals surface area contributed by atoms with Gasteiger partial charge in [0.15, 0.2) is 0 Å². The second-order valence-corrected chi connectivity index (χ2v) is 7.96. The number of amides is 1. The second kappa shape index (κ2) is 10.1. The van der Waals surface area contributed by atoms with Crippen LogP contribution >= 0.6 is 0 Å². The number of rotatable bonds is 5. The fraction of sp³-hybridized carbons (Fsp3) is 0.231. The van der Waals surface area contributed by atoms with Gasteiger partial charge >= 0.3 is 5.97 Å². The van der Waals surface area contributed by atoms with Crippen molar-refractivity contribution >= 4 is 11.9 Å². The summed E-state index contributed by atoms with van der Waals surface area (Å²) >= 11 is 0.